The van der Waals surface area contributed by atoms with Gasteiger partial charge in [-0.25, -0.2) is 4.39 Å². The van der Waals surface area contributed by atoms with Crippen LogP contribution in [0.25, 0.3) is 0 Å². The summed E-state index contributed by atoms with van der Waals surface area (Å²) in [5.74, 6) is -0.212. The number of ether oxygens (including phenoxy) is 3. The minimum absolute atomic E-state index is 0.00645. The molecule has 174 valence electrons. The number of hydrogen-bond acceptors (Lipinski definition) is 5. The molecule has 2 atom stereocenters. The lowest BCUT2D eigenvalue weighted by Gasteiger charge is -2.38. The second-order valence-corrected chi connectivity index (χ2v) is 7.99. The molecule has 0 saturated carbocycles. The number of carbonyl (C=O) groups excluding carboxylic acids is 1. The van der Waals surface area contributed by atoms with E-state index in [9.17, 15) is 9.18 Å². The van der Waals surface area contributed by atoms with Crippen molar-refractivity contribution in [3.05, 3.63) is 64.4 Å². The largest absolute Gasteiger partial charge is 0.490 e. The molecule has 0 bridgehead atoms. The summed E-state index contributed by atoms with van der Waals surface area (Å²) in [5.41, 5.74) is 0.794. The third kappa shape index (κ3) is 6.42. The van der Waals surface area contributed by atoms with Crippen LogP contribution in [0, 0.1) is 5.82 Å². The fraction of sp³-hybridized carbons (Fsp3) is 0.458. The highest BCUT2D eigenvalue weighted by molar-refractivity contribution is 6.31. The highest BCUT2D eigenvalue weighted by Crippen LogP contribution is 2.31. The summed E-state index contributed by atoms with van der Waals surface area (Å²) in [6.07, 6.45) is 0.00645. The number of rotatable bonds is 10. The van der Waals surface area contributed by atoms with Gasteiger partial charge in [-0.1, -0.05) is 29.8 Å². The van der Waals surface area contributed by atoms with Crippen molar-refractivity contribution < 1.29 is 23.4 Å². The predicted octanol–water partition coefficient (Wildman–Crippen LogP) is 4.09. The summed E-state index contributed by atoms with van der Waals surface area (Å²) in [4.78, 5) is 15.1. The maximum absolute atomic E-state index is 14.8. The second-order valence-electron chi connectivity index (χ2n) is 7.58. The summed E-state index contributed by atoms with van der Waals surface area (Å²) < 4.78 is 31.4. The Labute approximate surface area is 193 Å². The molecule has 6 nitrogen and oxygen atoms in total. The Kier molecular flexibility index (Phi) is 9.29. The Bertz CT molecular complexity index is 878. The van der Waals surface area contributed by atoms with Gasteiger partial charge in [-0.05, 0) is 38.1 Å². The lowest BCUT2D eigenvalue weighted by molar-refractivity contribution is -0.0346. The molecule has 1 N–H and O–H groups in total. The van der Waals surface area contributed by atoms with E-state index in [4.69, 9.17) is 25.8 Å². The van der Waals surface area contributed by atoms with Crippen molar-refractivity contribution >= 4 is 17.5 Å². The summed E-state index contributed by atoms with van der Waals surface area (Å²) >= 11 is 6.38. The van der Waals surface area contributed by atoms with Crippen molar-refractivity contribution in [1.82, 2.24) is 10.2 Å². The molecule has 32 heavy (non-hydrogen) atoms. The highest BCUT2D eigenvalue weighted by Gasteiger charge is 2.30. The molecule has 2 aromatic carbocycles. The van der Waals surface area contributed by atoms with Crippen LogP contribution in [0.5, 0.6) is 5.75 Å². The van der Waals surface area contributed by atoms with Crippen molar-refractivity contribution in [3.8, 4) is 5.75 Å². The molecule has 0 radical (unpaired) electrons. The van der Waals surface area contributed by atoms with Crippen LogP contribution in [0.4, 0.5) is 4.39 Å². The SMILES string of the molecule is CCOCCOc1ccccc1C(=O)NCC(c1c(F)cccc1Cl)N1CCOC(C)C1. The minimum atomic E-state index is -0.426. The van der Waals surface area contributed by atoms with Crippen LogP contribution in [-0.4, -0.2) is 63.0 Å². The molecule has 1 amide bonds. The number of halogens is 2. The Morgan fingerprint density at radius 3 is 2.84 bits per heavy atom. The molecule has 0 aromatic heterocycles. The van der Waals surface area contributed by atoms with Crippen LogP contribution >= 0.6 is 11.6 Å². The van der Waals surface area contributed by atoms with Gasteiger partial charge in [0.05, 0.1) is 30.9 Å². The van der Waals surface area contributed by atoms with Crippen LogP contribution in [-0.2, 0) is 9.47 Å². The summed E-state index contributed by atoms with van der Waals surface area (Å²) in [6, 6.07) is 11.2. The van der Waals surface area contributed by atoms with Gasteiger partial charge >= 0.3 is 0 Å². The van der Waals surface area contributed by atoms with Crippen molar-refractivity contribution in [2.45, 2.75) is 26.0 Å². The zero-order chi connectivity index (χ0) is 22.9. The van der Waals surface area contributed by atoms with E-state index in [0.29, 0.717) is 61.4 Å². The molecule has 1 heterocycles. The van der Waals surface area contributed by atoms with Gasteiger partial charge in [0, 0.05) is 36.8 Å². The second kappa shape index (κ2) is 12.2. The maximum Gasteiger partial charge on any atom is 0.255 e. The number of amides is 1. The lowest BCUT2D eigenvalue weighted by atomic mass is 10.0. The molecule has 8 heteroatoms. The van der Waals surface area contributed by atoms with E-state index < -0.39 is 11.9 Å². The first-order valence-electron chi connectivity index (χ1n) is 10.9. The van der Waals surface area contributed by atoms with Gasteiger partial charge in [0.25, 0.3) is 5.91 Å². The highest BCUT2D eigenvalue weighted by atomic mass is 35.5. The van der Waals surface area contributed by atoms with E-state index in [2.05, 4.69) is 10.2 Å². The van der Waals surface area contributed by atoms with E-state index >= 15 is 0 Å². The molecular weight excluding hydrogens is 435 g/mol. The van der Waals surface area contributed by atoms with Gasteiger partial charge in [-0.2, -0.15) is 0 Å². The molecule has 1 aliphatic heterocycles. The van der Waals surface area contributed by atoms with E-state index in [0.717, 1.165) is 0 Å². The molecule has 1 aliphatic rings. The first kappa shape index (κ1) is 24.5. The maximum atomic E-state index is 14.8. The third-order valence-corrected chi connectivity index (χ3v) is 5.65. The van der Waals surface area contributed by atoms with Crippen LogP contribution in [0.1, 0.15) is 35.8 Å². The van der Waals surface area contributed by atoms with Gasteiger partial charge < -0.3 is 19.5 Å². The smallest absolute Gasteiger partial charge is 0.255 e. The van der Waals surface area contributed by atoms with Gasteiger partial charge in [0.2, 0.25) is 0 Å². The standard InChI is InChI=1S/C24H30ClFN2O4/c1-3-30-13-14-32-22-10-5-4-7-18(22)24(29)27-15-21(28-11-12-31-17(2)16-28)23-19(25)8-6-9-20(23)26/h4-10,17,21H,3,11-16H2,1-2H3,(H,27,29). The van der Waals surface area contributed by atoms with Crippen LogP contribution in [0.15, 0.2) is 42.5 Å². The third-order valence-electron chi connectivity index (χ3n) is 5.32. The molecule has 2 unspecified atom stereocenters. The zero-order valence-electron chi connectivity index (χ0n) is 18.5. The molecule has 2 aromatic rings. The van der Waals surface area contributed by atoms with Gasteiger partial charge in [-0.15, -0.1) is 0 Å². The normalized spacial score (nSPS) is 17.7. The zero-order valence-corrected chi connectivity index (χ0v) is 19.2. The number of para-hydroxylation sites is 1. The monoisotopic (exact) mass is 464 g/mol. The van der Waals surface area contributed by atoms with Gasteiger partial charge in [-0.3, -0.25) is 9.69 Å². The molecule has 1 fully saturated rings. The van der Waals surface area contributed by atoms with Crippen molar-refractivity contribution in [1.29, 1.82) is 0 Å². The van der Waals surface area contributed by atoms with E-state index in [1.54, 1.807) is 30.3 Å². The first-order valence-corrected chi connectivity index (χ1v) is 11.3. The van der Waals surface area contributed by atoms with E-state index in [1.165, 1.54) is 6.07 Å². The van der Waals surface area contributed by atoms with Crippen molar-refractivity contribution in [3.63, 3.8) is 0 Å². The lowest BCUT2D eigenvalue weighted by Crippen LogP contribution is -2.47. The van der Waals surface area contributed by atoms with Gasteiger partial charge in [0.1, 0.15) is 18.2 Å². The van der Waals surface area contributed by atoms with E-state index in [-0.39, 0.29) is 18.6 Å². The molecular formula is C24H30ClFN2O4. The summed E-state index contributed by atoms with van der Waals surface area (Å²) in [6.45, 7) is 7.23. The summed E-state index contributed by atoms with van der Waals surface area (Å²) in [5, 5.41) is 3.28. The Hall–Kier alpha value is -2.19. The summed E-state index contributed by atoms with van der Waals surface area (Å²) in [7, 11) is 0. The van der Waals surface area contributed by atoms with Crippen molar-refractivity contribution in [2.24, 2.45) is 0 Å². The number of nitrogens with one attached hydrogen (secondary N) is 1. The quantitative estimate of drug-likeness (QED) is 0.537. The van der Waals surface area contributed by atoms with Crippen LogP contribution in [0.3, 0.4) is 0 Å². The predicted molar refractivity (Wildman–Crippen MR) is 122 cm³/mol. The number of morpholine rings is 1. The molecule has 1 saturated heterocycles. The minimum Gasteiger partial charge on any atom is -0.490 e. The Morgan fingerprint density at radius 1 is 1.28 bits per heavy atom. The van der Waals surface area contributed by atoms with E-state index in [1.807, 2.05) is 19.9 Å². The number of nitrogens with zero attached hydrogens (tertiary/aromatic N) is 1. The van der Waals surface area contributed by atoms with Crippen molar-refractivity contribution in [2.75, 3.05) is 46.1 Å². The average Bonchev–Trinajstić information content (AvgIpc) is 2.78. The van der Waals surface area contributed by atoms with Crippen LogP contribution < -0.4 is 10.1 Å². The fourth-order valence-corrected chi connectivity index (χ4v) is 4.08. The molecule has 3 rings (SSSR count). The molecule has 0 spiro atoms. The fourth-order valence-electron chi connectivity index (χ4n) is 3.79. The number of carbonyl (C=O) groups is 1. The number of hydrogen-bond donors (Lipinski definition) is 1. The first-order chi connectivity index (χ1) is 15.5. The Balaban J connectivity index is 1.76. The van der Waals surface area contributed by atoms with Gasteiger partial charge in [0.15, 0.2) is 0 Å². The molecule has 0 aliphatic carbocycles. The number of benzene rings is 2. The average molecular weight is 465 g/mol. The topological polar surface area (TPSA) is 60.0 Å². The Morgan fingerprint density at radius 2 is 2.09 bits per heavy atom. The van der Waals surface area contributed by atoms with Crippen LogP contribution in [0.2, 0.25) is 5.02 Å².